The number of hydrogen-bond acceptors (Lipinski definition) is 2. The van der Waals surface area contributed by atoms with Crippen LogP contribution in [-0.2, 0) is 10.8 Å². The molecular weight excluding hydrogens is 623 g/mol. The Labute approximate surface area is 298 Å². The van der Waals surface area contributed by atoms with Crippen molar-refractivity contribution >= 4 is 48.6 Å². The van der Waals surface area contributed by atoms with Crippen LogP contribution in [0.3, 0.4) is 0 Å². The normalized spacial score (nSPS) is 14.7. The Morgan fingerprint density at radius 3 is 1.78 bits per heavy atom. The summed E-state index contributed by atoms with van der Waals surface area (Å²) in [5.74, 6) is 0. The molecule has 0 aliphatic heterocycles. The van der Waals surface area contributed by atoms with Gasteiger partial charge < -0.3 is 4.90 Å². The predicted molar refractivity (Wildman–Crippen MR) is 215 cm³/mol. The summed E-state index contributed by atoms with van der Waals surface area (Å²) in [6.45, 7) is 9.44. The lowest BCUT2D eigenvalue weighted by molar-refractivity contribution is 0.660. The second kappa shape index (κ2) is 10.5. The molecule has 7 aromatic carbocycles. The summed E-state index contributed by atoms with van der Waals surface area (Å²) in [5, 5.41) is 2.65. The first kappa shape index (κ1) is 29.5. The van der Waals surface area contributed by atoms with Crippen LogP contribution in [0.15, 0.2) is 152 Å². The molecule has 0 N–H and O–H groups in total. The van der Waals surface area contributed by atoms with Crippen molar-refractivity contribution in [1.82, 2.24) is 0 Å². The maximum atomic E-state index is 2.47. The monoisotopic (exact) mass is 659 g/mol. The van der Waals surface area contributed by atoms with Gasteiger partial charge >= 0.3 is 0 Å². The topological polar surface area (TPSA) is 3.24 Å². The first-order valence-electron chi connectivity index (χ1n) is 17.6. The number of thiophene rings is 1. The van der Waals surface area contributed by atoms with Gasteiger partial charge in [-0.15, -0.1) is 11.3 Å². The van der Waals surface area contributed by atoms with Crippen LogP contribution in [0.5, 0.6) is 0 Å². The molecule has 0 spiro atoms. The molecule has 0 radical (unpaired) electrons. The zero-order valence-electron chi connectivity index (χ0n) is 28.8. The van der Waals surface area contributed by atoms with Gasteiger partial charge in [0.05, 0.1) is 0 Å². The Morgan fingerprint density at radius 1 is 0.400 bits per heavy atom. The first-order valence-corrected chi connectivity index (χ1v) is 18.4. The van der Waals surface area contributed by atoms with Gasteiger partial charge in [0.2, 0.25) is 0 Å². The minimum atomic E-state index is -0.0901. The van der Waals surface area contributed by atoms with Gasteiger partial charge in [0.15, 0.2) is 0 Å². The van der Waals surface area contributed by atoms with Crippen molar-refractivity contribution in [3.8, 4) is 33.4 Å². The van der Waals surface area contributed by atoms with Crippen molar-refractivity contribution in [2.45, 2.75) is 38.5 Å². The number of benzene rings is 7. The molecule has 0 unspecified atom stereocenters. The summed E-state index contributed by atoms with van der Waals surface area (Å²) in [5.41, 5.74) is 16.8. The fraction of sp³-hybridized carbons (Fsp3) is 0.125. The second-order valence-electron chi connectivity index (χ2n) is 15.0. The fourth-order valence-corrected chi connectivity index (χ4v) is 10.2. The van der Waals surface area contributed by atoms with Crippen LogP contribution >= 0.6 is 11.3 Å². The first-order chi connectivity index (χ1) is 24.3. The third-order valence-corrected chi connectivity index (χ3v) is 12.7. The van der Waals surface area contributed by atoms with E-state index in [1.54, 1.807) is 0 Å². The van der Waals surface area contributed by atoms with E-state index in [9.17, 15) is 0 Å². The van der Waals surface area contributed by atoms with Gasteiger partial charge in [-0.25, -0.2) is 0 Å². The third-order valence-electron chi connectivity index (χ3n) is 11.5. The minimum Gasteiger partial charge on any atom is -0.310 e. The van der Waals surface area contributed by atoms with Crippen LogP contribution in [0, 0.1) is 0 Å². The van der Waals surface area contributed by atoms with Crippen molar-refractivity contribution in [2.24, 2.45) is 0 Å². The van der Waals surface area contributed by atoms with E-state index in [4.69, 9.17) is 0 Å². The van der Waals surface area contributed by atoms with Gasteiger partial charge in [0.25, 0.3) is 0 Å². The lowest BCUT2D eigenvalue weighted by atomic mass is 9.82. The van der Waals surface area contributed by atoms with Crippen molar-refractivity contribution in [1.29, 1.82) is 0 Å². The summed E-state index contributed by atoms with van der Waals surface area (Å²) < 4.78 is 2.67. The standard InChI is InChI=1S/C48H37NS/c1-47(2)42-21-9-6-16-36(42)40-28-32(24-26-43(40)47)49(33-23-25-37-35-15-5-8-20-41(35)48(3,4)44(37)29-33)31-14-11-13-30(27-31)34-18-12-19-39-38-17-7-10-22-45(38)50-46(34)39/h5-29H,1-4H3. The lowest BCUT2D eigenvalue weighted by Gasteiger charge is -2.29. The number of anilines is 3. The van der Waals surface area contributed by atoms with E-state index in [1.165, 1.54) is 87.2 Å². The fourth-order valence-electron chi connectivity index (χ4n) is 8.91. The van der Waals surface area contributed by atoms with Crippen LogP contribution < -0.4 is 4.90 Å². The molecule has 2 aliphatic carbocycles. The van der Waals surface area contributed by atoms with Gasteiger partial charge in [-0.3, -0.25) is 0 Å². The molecule has 1 heterocycles. The predicted octanol–water partition coefficient (Wildman–Crippen LogP) is 13.8. The summed E-state index contributed by atoms with van der Waals surface area (Å²) >= 11 is 1.89. The molecule has 240 valence electrons. The van der Waals surface area contributed by atoms with Crippen LogP contribution in [0.4, 0.5) is 17.1 Å². The summed E-state index contributed by atoms with van der Waals surface area (Å²) in [6.07, 6.45) is 0. The van der Waals surface area contributed by atoms with Crippen molar-refractivity contribution in [2.75, 3.05) is 4.90 Å². The molecule has 0 atom stereocenters. The van der Waals surface area contributed by atoms with E-state index in [1.807, 2.05) is 11.3 Å². The van der Waals surface area contributed by atoms with E-state index < -0.39 is 0 Å². The number of nitrogens with zero attached hydrogens (tertiary/aromatic N) is 1. The molecule has 10 rings (SSSR count). The van der Waals surface area contributed by atoms with E-state index >= 15 is 0 Å². The second-order valence-corrected chi connectivity index (χ2v) is 16.0. The molecule has 0 saturated carbocycles. The van der Waals surface area contributed by atoms with Crippen LogP contribution in [0.2, 0.25) is 0 Å². The van der Waals surface area contributed by atoms with Gasteiger partial charge in [0, 0.05) is 48.1 Å². The van der Waals surface area contributed by atoms with Crippen molar-refractivity contribution < 1.29 is 0 Å². The molecule has 2 heteroatoms. The Balaban J connectivity index is 1.18. The summed E-state index contributed by atoms with van der Waals surface area (Å²) in [6, 6.07) is 56.8. The molecule has 1 nitrogen and oxygen atoms in total. The van der Waals surface area contributed by atoms with Gasteiger partial charge in [-0.1, -0.05) is 137 Å². The van der Waals surface area contributed by atoms with Crippen molar-refractivity contribution in [3.05, 3.63) is 174 Å². The van der Waals surface area contributed by atoms with Gasteiger partial charge in [-0.2, -0.15) is 0 Å². The van der Waals surface area contributed by atoms with Crippen LogP contribution in [0.25, 0.3) is 53.6 Å². The van der Waals surface area contributed by atoms with E-state index in [2.05, 4.69) is 184 Å². The Morgan fingerprint density at radius 2 is 0.960 bits per heavy atom. The Hall–Kier alpha value is -5.44. The number of rotatable bonds is 4. The van der Waals surface area contributed by atoms with Crippen molar-refractivity contribution in [3.63, 3.8) is 0 Å². The van der Waals surface area contributed by atoms with E-state index in [0.29, 0.717) is 0 Å². The largest absolute Gasteiger partial charge is 0.310 e. The average Bonchev–Trinajstić information content (AvgIpc) is 3.72. The molecule has 0 amide bonds. The average molecular weight is 660 g/mol. The quantitative estimate of drug-likeness (QED) is 0.182. The van der Waals surface area contributed by atoms with E-state index in [0.717, 1.165) is 5.69 Å². The summed E-state index contributed by atoms with van der Waals surface area (Å²) in [7, 11) is 0. The maximum absolute atomic E-state index is 2.47. The molecule has 1 aromatic heterocycles. The highest BCUT2D eigenvalue weighted by Crippen LogP contribution is 2.53. The molecule has 2 aliphatic rings. The summed E-state index contributed by atoms with van der Waals surface area (Å²) in [4.78, 5) is 2.47. The highest BCUT2D eigenvalue weighted by atomic mass is 32.1. The zero-order chi connectivity index (χ0) is 33.8. The molecule has 8 aromatic rings. The minimum absolute atomic E-state index is 0.0402. The molecule has 0 bridgehead atoms. The molecular formula is C48H37NS. The molecule has 50 heavy (non-hydrogen) atoms. The number of fused-ring (bicyclic) bond motifs is 9. The van der Waals surface area contributed by atoms with Crippen LogP contribution in [0.1, 0.15) is 49.9 Å². The van der Waals surface area contributed by atoms with E-state index in [-0.39, 0.29) is 10.8 Å². The third kappa shape index (κ3) is 4.12. The smallest absolute Gasteiger partial charge is 0.0468 e. The number of hydrogen-bond donors (Lipinski definition) is 0. The Bertz CT molecular complexity index is 2670. The SMILES string of the molecule is CC1(C)c2ccccc2-c2cc(N(c3cccc(-c4cccc5c4sc4ccccc45)c3)c3ccc4c(c3)C(C)(C)c3ccccc3-4)ccc21. The molecule has 0 fully saturated rings. The van der Waals surface area contributed by atoms with Crippen LogP contribution in [-0.4, -0.2) is 0 Å². The zero-order valence-corrected chi connectivity index (χ0v) is 29.6. The lowest BCUT2D eigenvalue weighted by Crippen LogP contribution is -2.17. The van der Waals surface area contributed by atoms with Gasteiger partial charge in [0.1, 0.15) is 0 Å². The Kier molecular flexibility index (Phi) is 6.21. The maximum Gasteiger partial charge on any atom is 0.0468 e. The highest BCUT2D eigenvalue weighted by molar-refractivity contribution is 7.26. The highest BCUT2D eigenvalue weighted by Gasteiger charge is 2.37. The molecule has 0 saturated heterocycles. The van der Waals surface area contributed by atoms with Gasteiger partial charge in [-0.05, 0) is 98.1 Å².